The summed E-state index contributed by atoms with van der Waals surface area (Å²) in [5.41, 5.74) is 2.26. The fourth-order valence-electron chi connectivity index (χ4n) is 1.78. The standard InChI is InChI=1S/C16H12Cl2O2/c1-10-6-7-11(9-15(10)18)13(16(19)20)8-12-4-2-3-5-14(12)17/h2-9H,1H3,(H,19,20)/b13-8-. The van der Waals surface area contributed by atoms with Gasteiger partial charge in [-0.05, 0) is 41.8 Å². The lowest BCUT2D eigenvalue weighted by atomic mass is 10.0. The third-order valence-corrected chi connectivity index (χ3v) is 3.67. The Bertz CT molecular complexity index is 691. The maximum absolute atomic E-state index is 11.5. The van der Waals surface area contributed by atoms with Crippen molar-refractivity contribution in [2.45, 2.75) is 6.92 Å². The van der Waals surface area contributed by atoms with Crippen LogP contribution < -0.4 is 0 Å². The fraction of sp³-hybridized carbons (Fsp3) is 0.0625. The van der Waals surface area contributed by atoms with Gasteiger partial charge in [-0.1, -0.05) is 53.5 Å². The van der Waals surface area contributed by atoms with Gasteiger partial charge < -0.3 is 5.11 Å². The Morgan fingerprint density at radius 3 is 2.40 bits per heavy atom. The molecule has 0 spiro atoms. The van der Waals surface area contributed by atoms with E-state index >= 15 is 0 Å². The number of hydrogen-bond donors (Lipinski definition) is 1. The first-order valence-electron chi connectivity index (χ1n) is 5.95. The molecule has 2 aromatic rings. The van der Waals surface area contributed by atoms with Crippen molar-refractivity contribution in [3.05, 3.63) is 69.2 Å². The molecule has 0 bridgehead atoms. The highest BCUT2D eigenvalue weighted by Crippen LogP contribution is 2.26. The number of halogens is 2. The minimum Gasteiger partial charge on any atom is -0.478 e. The fourth-order valence-corrected chi connectivity index (χ4v) is 2.15. The molecule has 20 heavy (non-hydrogen) atoms. The van der Waals surface area contributed by atoms with Crippen LogP contribution in [0.5, 0.6) is 0 Å². The molecule has 2 aromatic carbocycles. The quantitative estimate of drug-likeness (QED) is 0.645. The Hall–Kier alpha value is -1.77. The van der Waals surface area contributed by atoms with Crippen molar-refractivity contribution in [1.29, 1.82) is 0 Å². The van der Waals surface area contributed by atoms with Gasteiger partial charge in [-0.2, -0.15) is 0 Å². The summed E-state index contributed by atoms with van der Waals surface area (Å²) in [5.74, 6) is -1.02. The Balaban J connectivity index is 2.54. The Morgan fingerprint density at radius 1 is 1.10 bits per heavy atom. The lowest BCUT2D eigenvalue weighted by Crippen LogP contribution is -2.00. The van der Waals surface area contributed by atoms with Crippen molar-refractivity contribution >= 4 is 40.8 Å². The molecule has 0 unspecified atom stereocenters. The van der Waals surface area contributed by atoms with Crippen LogP contribution in [0, 0.1) is 6.92 Å². The van der Waals surface area contributed by atoms with Crippen LogP contribution >= 0.6 is 23.2 Å². The first-order valence-corrected chi connectivity index (χ1v) is 6.70. The van der Waals surface area contributed by atoms with E-state index in [0.717, 1.165) is 5.56 Å². The highest BCUT2D eigenvalue weighted by molar-refractivity contribution is 6.33. The van der Waals surface area contributed by atoms with Crippen molar-refractivity contribution < 1.29 is 9.90 Å². The molecule has 0 aromatic heterocycles. The van der Waals surface area contributed by atoms with E-state index in [2.05, 4.69) is 0 Å². The third kappa shape index (κ3) is 3.21. The van der Waals surface area contributed by atoms with Crippen LogP contribution in [0.4, 0.5) is 0 Å². The van der Waals surface area contributed by atoms with Crippen molar-refractivity contribution in [3.8, 4) is 0 Å². The zero-order chi connectivity index (χ0) is 14.7. The van der Waals surface area contributed by atoms with Gasteiger partial charge in [0.25, 0.3) is 0 Å². The number of benzene rings is 2. The molecule has 2 nitrogen and oxygen atoms in total. The van der Waals surface area contributed by atoms with Crippen LogP contribution in [0.2, 0.25) is 10.0 Å². The number of carboxylic acid groups (broad SMARTS) is 1. The normalized spacial score (nSPS) is 11.4. The van der Waals surface area contributed by atoms with E-state index in [1.165, 1.54) is 0 Å². The summed E-state index contributed by atoms with van der Waals surface area (Å²) in [7, 11) is 0. The molecular weight excluding hydrogens is 295 g/mol. The van der Waals surface area contributed by atoms with Crippen molar-refractivity contribution in [2.75, 3.05) is 0 Å². The second-order valence-electron chi connectivity index (χ2n) is 4.35. The zero-order valence-electron chi connectivity index (χ0n) is 10.7. The average molecular weight is 307 g/mol. The van der Waals surface area contributed by atoms with E-state index in [-0.39, 0.29) is 5.57 Å². The number of rotatable bonds is 3. The van der Waals surface area contributed by atoms with Gasteiger partial charge in [-0.3, -0.25) is 0 Å². The summed E-state index contributed by atoms with van der Waals surface area (Å²) in [6.45, 7) is 1.87. The monoisotopic (exact) mass is 306 g/mol. The lowest BCUT2D eigenvalue weighted by Gasteiger charge is -2.06. The molecule has 0 aliphatic heterocycles. The largest absolute Gasteiger partial charge is 0.478 e. The van der Waals surface area contributed by atoms with Crippen LogP contribution in [0.1, 0.15) is 16.7 Å². The van der Waals surface area contributed by atoms with E-state index in [0.29, 0.717) is 21.2 Å². The molecule has 2 rings (SSSR count). The van der Waals surface area contributed by atoms with E-state index in [1.807, 2.05) is 6.92 Å². The van der Waals surface area contributed by atoms with Crippen molar-refractivity contribution in [1.82, 2.24) is 0 Å². The van der Waals surface area contributed by atoms with Gasteiger partial charge in [-0.15, -0.1) is 0 Å². The van der Waals surface area contributed by atoms with Gasteiger partial charge in [0, 0.05) is 10.0 Å². The van der Waals surface area contributed by atoms with Crippen LogP contribution in [0.3, 0.4) is 0 Å². The summed E-state index contributed by atoms with van der Waals surface area (Å²) >= 11 is 12.1. The molecule has 0 heterocycles. The highest BCUT2D eigenvalue weighted by Gasteiger charge is 2.12. The molecule has 0 fully saturated rings. The lowest BCUT2D eigenvalue weighted by molar-refractivity contribution is -0.130. The van der Waals surface area contributed by atoms with Crippen LogP contribution in [-0.2, 0) is 4.79 Å². The molecule has 4 heteroatoms. The van der Waals surface area contributed by atoms with Gasteiger partial charge in [0.05, 0.1) is 5.57 Å². The van der Waals surface area contributed by atoms with Crippen LogP contribution in [-0.4, -0.2) is 11.1 Å². The number of hydrogen-bond acceptors (Lipinski definition) is 1. The SMILES string of the molecule is Cc1ccc(/C(=C/c2ccccc2Cl)C(=O)O)cc1Cl. The summed E-state index contributed by atoms with van der Waals surface area (Å²) in [6.07, 6.45) is 1.55. The second-order valence-corrected chi connectivity index (χ2v) is 5.16. The minimum absolute atomic E-state index is 0.153. The Morgan fingerprint density at radius 2 is 1.80 bits per heavy atom. The zero-order valence-corrected chi connectivity index (χ0v) is 12.2. The molecule has 0 saturated heterocycles. The summed E-state index contributed by atoms with van der Waals surface area (Å²) in [5, 5.41) is 10.4. The maximum Gasteiger partial charge on any atom is 0.336 e. The molecule has 0 aliphatic carbocycles. The van der Waals surface area contributed by atoms with E-state index in [1.54, 1.807) is 48.5 Å². The first kappa shape index (κ1) is 14.6. The van der Waals surface area contributed by atoms with Crippen LogP contribution in [0.15, 0.2) is 42.5 Å². The highest BCUT2D eigenvalue weighted by atomic mass is 35.5. The molecule has 0 amide bonds. The summed E-state index contributed by atoms with van der Waals surface area (Å²) in [4.78, 5) is 11.5. The van der Waals surface area contributed by atoms with E-state index < -0.39 is 5.97 Å². The van der Waals surface area contributed by atoms with Crippen molar-refractivity contribution in [2.24, 2.45) is 0 Å². The summed E-state index contributed by atoms with van der Waals surface area (Å²) in [6, 6.07) is 12.3. The van der Waals surface area contributed by atoms with E-state index in [9.17, 15) is 9.90 Å². The predicted molar refractivity (Wildman–Crippen MR) is 83.1 cm³/mol. The molecule has 0 saturated carbocycles. The molecule has 0 aliphatic rings. The molecule has 0 atom stereocenters. The van der Waals surface area contributed by atoms with Gasteiger partial charge >= 0.3 is 5.97 Å². The van der Waals surface area contributed by atoms with Gasteiger partial charge in [0.15, 0.2) is 0 Å². The Kier molecular flexibility index (Phi) is 4.48. The van der Waals surface area contributed by atoms with Crippen molar-refractivity contribution in [3.63, 3.8) is 0 Å². The van der Waals surface area contributed by atoms with Gasteiger partial charge in [0.1, 0.15) is 0 Å². The maximum atomic E-state index is 11.5. The Labute approximate surface area is 127 Å². The smallest absolute Gasteiger partial charge is 0.336 e. The van der Waals surface area contributed by atoms with Gasteiger partial charge in [-0.25, -0.2) is 4.79 Å². The number of aryl methyl sites for hydroxylation is 1. The molecule has 102 valence electrons. The number of aliphatic carboxylic acids is 1. The predicted octanol–water partition coefficient (Wildman–Crippen LogP) is 4.93. The third-order valence-electron chi connectivity index (χ3n) is 2.92. The topological polar surface area (TPSA) is 37.3 Å². The van der Waals surface area contributed by atoms with E-state index in [4.69, 9.17) is 23.2 Å². The number of carboxylic acids is 1. The van der Waals surface area contributed by atoms with Gasteiger partial charge in [0.2, 0.25) is 0 Å². The molecule has 1 N–H and O–H groups in total. The molecular formula is C16H12Cl2O2. The van der Waals surface area contributed by atoms with Crippen LogP contribution in [0.25, 0.3) is 11.6 Å². The average Bonchev–Trinajstić information content (AvgIpc) is 2.41. The summed E-state index contributed by atoms with van der Waals surface area (Å²) < 4.78 is 0. The second kappa shape index (κ2) is 6.12. The minimum atomic E-state index is -1.02. The molecule has 0 radical (unpaired) electrons. The number of carbonyl (C=O) groups is 1. The first-order chi connectivity index (χ1) is 9.49.